The summed E-state index contributed by atoms with van der Waals surface area (Å²) in [6, 6.07) is 7.80. The van der Waals surface area contributed by atoms with E-state index in [0.717, 1.165) is 43.5 Å². The molecule has 1 aromatic carbocycles. The molecule has 2 aliphatic heterocycles. The number of hydrogen-bond acceptors (Lipinski definition) is 5. The van der Waals surface area contributed by atoms with Gasteiger partial charge in [-0.15, -0.1) is 0 Å². The Morgan fingerprint density at radius 1 is 1.37 bits per heavy atom. The molecule has 0 fully saturated rings. The van der Waals surface area contributed by atoms with Gasteiger partial charge < -0.3 is 19.7 Å². The Kier molecular flexibility index (Phi) is 3.44. The van der Waals surface area contributed by atoms with Crippen LogP contribution in [0.15, 0.2) is 29.3 Å². The lowest BCUT2D eigenvalue weighted by Gasteiger charge is -2.26. The van der Waals surface area contributed by atoms with Crippen molar-refractivity contribution in [3.05, 3.63) is 24.3 Å². The molecule has 5 nitrogen and oxygen atoms in total. The molecule has 1 atom stereocenters. The molecule has 0 saturated carbocycles. The van der Waals surface area contributed by atoms with Crippen molar-refractivity contribution in [3.8, 4) is 11.5 Å². The Labute approximate surface area is 113 Å². The maximum absolute atomic E-state index is 5.90. The molecule has 2 aliphatic rings. The molecule has 0 bridgehead atoms. The first kappa shape index (κ1) is 12.1. The minimum absolute atomic E-state index is 0.106. The van der Waals surface area contributed by atoms with E-state index in [9.17, 15) is 0 Å². The molecular formula is C14H19N3O2. The Morgan fingerprint density at radius 3 is 3.00 bits per heavy atom. The Balaban J connectivity index is 1.47. The smallest absolute Gasteiger partial charge is 0.193 e. The van der Waals surface area contributed by atoms with E-state index in [2.05, 4.69) is 22.3 Å². The van der Waals surface area contributed by atoms with Crippen LogP contribution >= 0.6 is 0 Å². The molecule has 2 heterocycles. The Hall–Kier alpha value is -1.91. The number of nitrogens with one attached hydrogen (secondary N) is 1. The third-order valence-corrected chi connectivity index (χ3v) is 3.38. The number of hydrogen-bond donors (Lipinski definition) is 1. The van der Waals surface area contributed by atoms with E-state index >= 15 is 0 Å². The summed E-state index contributed by atoms with van der Waals surface area (Å²) in [5.74, 6) is 2.66. The van der Waals surface area contributed by atoms with Crippen LogP contribution in [0, 0.1) is 0 Å². The third kappa shape index (κ3) is 2.75. The van der Waals surface area contributed by atoms with Crippen LogP contribution in [0.4, 0.5) is 0 Å². The number of para-hydroxylation sites is 2. The van der Waals surface area contributed by atoms with E-state index in [0.29, 0.717) is 6.61 Å². The molecule has 1 N–H and O–H groups in total. The molecule has 1 aromatic rings. The number of ether oxygens (including phenoxy) is 2. The van der Waals surface area contributed by atoms with Crippen molar-refractivity contribution in [1.29, 1.82) is 0 Å². The van der Waals surface area contributed by atoms with Crippen molar-refractivity contribution in [2.75, 3.05) is 33.3 Å². The van der Waals surface area contributed by atoms with Gasteiger partial charge in [-0.1, -0.05) is 12.1 Å². The first-order valence-electron chi connectivity index (χ1n) is 6.71. The monoisotopic (exact) mass is 261 g/mol. The fourth-order valence-corrected chi connectivity index (χ4v) is 2.27. The average Bonchev–Trinajstić information content (AvgIpc) is 2.84. The fraction of sp³-hybridized carbons (Fsp3) is 0.500. The lowest BCUT2D eigenvalue weighted by Crippen LogP contribution is -2.39. The largest absolute Gasteiger partial charge is 0.486 e. The maximum atomic E-state index is 5.90. The van der Waals surface area contributed by atoms with Crippen LogP contribution < -0.4 is 14.8 Å². The molecule has 1 unspecified atom stereocenters. The molecule has 19 heavy (non-hydrogen) atoms. The van der Waals surface area contributed by atoms with E-state index in [4.69, 9.17) is 9.47 Å². The molecule has 102 valence electrons. The Bertz CT molecular complexity index is 476. The van der Waals surface area contributed by atoms with E-state index < -0.39 is 0 Å². The fourth-order valence-electron chi connectivity index (χ4n) is 2.27. The van der Waals surface area contributed by atoms with Crippen molar-refractivity contribution in [3.63, 3.8) is 0 Å². The van der Waals surface area contributed by atoms with Gasteiger partial charge in [0.15, 0.2) is 17.5 Å². The number of guanidine groups is 1. The number of likely N-dealkylation sites (N-methyl/N-ethyl adjacent to an activating group) is 1. The Morgan fingerprint density at radius 2 is 2.21 bits per heavy atom. The quantitative estimate of drug-likeness (QED) is 0.885. The van der Waals surface area contributed by atoms with Gasteiger partial charge in [-0.3, -0.25) is 4.99 Å². The highest BCUT2D eigenvalue weighted by Crippen LogP contribution is 2.31. The lowest BCUT2D eigenvalue weighted by molar-refractivity contribution is 0.0857. The summed E-state index contributed by atoms with van der Waals surface area (Å²) in [5, 5.41) is 3.34. The minimum Gasteiger partial charge on any atom is -0.486 e. The molecule has 0 radical (unpaired) electrons. The predicted molar refractivity (Wildman–Crippen MR) is 73.9 cm³/mol. The summed E-state index contributed by atoms with van der Waals surface area (Å²) >= 11 is 0. The van der Waals surface area contributed by atoms with Gasteiger partial charge in [0.05, 0.1) is 6.54 Å². The summed E-state index contributed by atoms with van der Waals surface area (Å²) in [6.45, 7) is 3.34. The molecule has 0 spiro atoms. The number of nitrogens with zero attached hydrogens (tertiary/aromatic N) is 2. The van der Waals surface area contributed by atoms with Gasteiger partial charge in [0.25, 0.3) is 0 Å². The van der Waals surface area contributed by atoms with Crippen LogP contribution in [0.5, 0.6) is 11.5 Å². The van der Waals surface area contributed by atoms with Crippen LogP contribution in [0.1, 0.15) is 6.42 Å². The second-order valence-corrected chi connectivity index (χ2v) is 4.84. The van der Waals surface area contributed by atoms with Crippen molar-refractivity contribution in [1.82, 2.24) is 10.2 Å². The number of benzene rings is 1. The maximum Gasteiger partial charge on any atom is 0.193 e. The highest BCUT2D eigenvalue weighted by molar-refractivity contribution is 5.81. The van der Waals surface area contributed by atoms with E-state index in [-0.39, 0.29) is 6.10 Å². The highest BCUT2D eigenvalue weighted by Gasteiger charge is 2.20. The molecule has 0 saturated heterocycles. The minimum atomic E-state index is 0.106. The number of rotatable bonds is 3. The number of fused-ring (bicyclic) bond motifs is 1. The summed E-state index contributed by atoms with van der Waals surface area (Å²) < 4.78 is 11.6. The standard InChI is InChI=1S/C14H19N3O2/c1-17-9-8-16-14(17)15-7-6-11-10-18-12-4-2-3-5-13(12)19-11/h2-5,11H,6-10H2,1H3,(H,15,16). The van der Waals surface area contributed by atoms with Gasteiger partial charge >= 0.3 is 0 Å². The highest BCUT2D eigenvalue weighted by atomic mass is 16.6. The van der Waals surface area contributed by atoms with Gasteiger partial charge in [0, 0.05) is 26.6 Å². The topological polar surface area (TPSA) is 46.1 Å². The van der Waals surface area contributed by atoms with E-state index in [1.807, 2.05) is 24.3 Å². The van der Waals surface area contributed by atoms with Gasteiger partial charge in [-0.05, 0) is 12.1 Å². The molecular weight excluding hydrogens is 242 g/mol. The van der Waals surface area contributed by atoms with Crippen LogP contribution in [0.25, 0.3) is 0 Å². The van der Waals surface area contributed by atoms with Crippen molar-refractivity contribution in [2.45, 2.75) is 12.5 Å². The molecule has 0 aliphatic carbocycles. The summed E-state index contributed by atoms with van der Waals surface area (Å²) in [6.07, 6.45) is 1.01. The third-order valence-electron chi connectivity index (χ3n) is 3.38. The van der Waals surface area contributed by atoms with Gasteiger partial charge in [-0.25, -0.2) is 0 Å². The zero-order valence-corrected chi connectivity index (χ0v) is 11.1. The van der Waals surface area contributed by atoms with Crippen molar-refractivity contribution >= 4 is 5.96 Å². The molecule has 0 amide bonds. The van der Waals surface area contributed by atoms with Crippen LogP contribution in [0.2, 0.25) is 0 Å². The lowest BCUT2D eigenvalue weighted by atomic mass is 10.2. The summed E-state index contributed by atoms with van der Waals surface area (Å²) in [7, 11) is 2.05. The zero-order valence-electron chi connectivity index (χ0n) is 11.1. The second-order valence-electron chi connectivity index (χ2n) is 4.84. The van der Waals surface area contributed by atoms with Crippen molar-refractivity contribution < 1.29 is 9.47 Å². The zero-order chi connectivity index (χ0) is 13.1. The second kappa shape index (κ2) is 5.38. The molecule has 5 heteroatoms. The first-order valence-corrected chi connectivity index (χ1v) is 6.71. The van der Waals surface area contributed by atoms with E-state index in [1.165, 1.54) is 0 Å². The predicted octanol–water partition coefficient (Wildman–Crippen LogP) is 1.11. The van der Waals surface area contributed by atoms with Gasteiger partial charge in [0.1, 0.15) is 12.7 Å². The van der Waals surface area contributed by atoms with Gasteiger partial charge in [-0.2, -0.15) is 0 Å². The summed E-state index contributed by atoms with van der Waals surface area (Å²) in [4.78, 5) is 6.53. The molecule has 0 aromatic heterocycles. The average molecular weight is 261 g/mol. The van der Waals surface area contributed by atoms with Crippen LogP contribution in [-0.2, 0) is 0 Å². The van der Waals surface area contributed by atoms with Crippen LogP contribution in [0.3, 0.4) is 0 Å². The normalized spacial score (nSPS) is 21.2. The summed E-state index contributed by atoms with van der Waals surface area (Å²) in [5.41, 5.74) is 0. The van der Waals surface area contributed by atoms with E-state index in [1.54, 1.807) is 0 Å². The molecule has 3 rings (SSSR count). The first-order chi connectivity index (χ1) is 9.33. The van der Waals surface area contributed by atoms with Gasteiger partial charge in [0.2, 0.25) is 0 Å². The number of aliphatic imine (C=N–C) groups is 1. The van der Waals surface area contributed by atoms with Crippen molar-refractivity contribution in [2.24, 2.45) is 4.99 Å². The van der Waals surface area contributed by atoms with Crippen LogP contribution in [-0.4, -0.2) is 50.3 Å². The SMILES string of the molecule is CN1CCN=C1NCCC1COc2ccccc2O1.